The molecule has 0 aromatic heterocycles. The molecule has 1 aliphatic carbocycles. The SMILES string of the molecule is O=C(CN1CCC(Nc2ccccc2)C1)NCC1CC1. The topological polar surface area (TPSA) is 44.4 Å². The highest BCUT2D eigenvalue weighted by Crippen LogP contribution is 2.27. The average molecular weight is 273 g/mol. The van der Waals surface area contributed by atoms with Gasteiger partial charge in [-0.1, -0.05) is 18.2 Å². The number of amides is 1. The molecule has 0 spiro atoms. The number of anilines is 1. The van der Waals surface area contributed by atoms with Crippen molar-refractivity contribution in [3.05, 3.63) is 30.3 Å². The van der Waals surface area contributed by atoms with E-state index in [9.17, 15) is 4.79 Å². The number of rotatable bonds is 6. The predicted octanol–water partition coefficient (Wildman–Crippen LogP) is 1.70. The van der Waals surface area contributed by atoms with E-state index in [0.717, 1.165) is 37.7 Å². The van der Waals surface area contributed by atoms with Crippen molar-refractivity contribution in [1.29, 1.82) is 0 Å². The molecule has 1 aliphatic heterocycles. The highest BCUT2D eigenvalue weighted by molar-refractivity contribution is 5.78. The van der Waals surface area contributed by atoms with Gasteiger partial charge in [0.05, 0.1) is 6.54 Å². The van der Waals surface area contributed by atoms with Gasteiger partial charge in [-0.25, -0.2) is 0 Å². The molecule has 1 atom stereocenters. The molecule has 1 unspecified atom stereocenters. The molecule has 4 nitrogen and oxygen atoms in total. The van der Waals surface area contributed by atoms with Gasteiger partial charge in [0.15, 0.2) is 0 Å². The van der Waals surface area contributed by atoms with Crippen molar-refractivity contribution in [1.82, 2.24) is 10.2 Å². The molecule has 4 heteroatoms. The van der Waals surface area contributed by atoms with Gasteiger partial charge < -0.3 is 10.6 Å². The molecule has 0 radical (unpaired) electrons. The normalized spacial score (nSPS) is 22.7. The van der Waals surface area contributed by atoms with Crippen molar-refractivity contribution in [2.45, 2.75) is 25.3 Å². The Morgan fingerprint density at radius 3 is 2.75 bits per heavy atom. The predicted molar refractivity (Wildman–Crippen MR) is 80.6 cm³/mol. The monoisotopic (exact) mass is 273 g/mol. The summed E-state index contributed by atoms with van der Waals surface area (Å²) in [7, 11) is 0. The minimum absolute atomic E-state index is 0.178. The molecule has 1 saturated heterocycles. The Balaban J connectivity index is 1.39. The summed E-state index contributed by atoms with van der Waals surface area (Å²) in [5, 5.41) is 6.57. The van der Waals surface area contributed by atoms with Gasteiger partial charge in [0.1, 0.15) is 0 Å². The van der Waals surface area contributed by atoms with E-state index in [1.165, 1.54) is 12.8 Å². The largest absolute Gasteiger partial charge is 0.381 e. The quantitative estimate of drug-likeness (QED) is 0.829. The van der Waals surface area contributed by atoms with Crippen LogP contribution < -0.4 is 10.6 Å². The van der Waals surface area contributed by atoms with Gasteiger partial charge in [0, 0.05) is 31.4 Å². The van der Waals surface area contributed by atoms with Crippen LogP contribution in [0.3, 0.4) is 0 Å². The maximum absolute atomic E-state index is 11.8. The third-order valence-electron chi connectivity index (χ3n) is 4.07. The minimum atomic E-state index is 0.178. The number of para-hydroxylation sites is 1. The van der Waals surface area contributed by atoms with Crippen molar-refractivity contribution in [3.63, 3.8) is 0 Å². The van der Waals surface area contributed by atoms with E-state index in [0.29, 0.717) is 12.6 Å². The second-order valence-electron chi connectivity index (χ2n) is 5.98. The lowest BCUT2D eigenvalue weighted by Crippen LogP contribution is -2.37. The Kier molecular flexibility index (Phi) is 4.21. The first-order chi connectivity index (χ1) is 9.79. The first-order valence-electron chi connectivity index (χ1n) is 7.60. The van der Waals surface area contributed by atoms with Crippen LogP contribution in [-0.2, 0) is 4.79 Å². The number of carbonyl (C=O) groups is 1. The second kappa shape index (κ2) is 6.27. The van der Waals surface area contributed by atoms with E-state index in [2.05, 4.69) is 27.7 Å². The summed E-state index contributed by atoms with van der Waals surface area (Å²) in [5.74, 6) is 0.933. The number of benzene rings is 1. The second-order valence-corrected chi connectivity index (χ2v) is 5.98. The average Bonchev–Trinajstić information content (AvgIpc) is 3.19. The van der Waals surface area contributed by atoms with Gasteiger partial charge in [0.2, 0.25) is 5.91 Å². The van der Waals surface area contributed by atoms with Crippen LogP contribution in [0.25, 0.3) is 0 Å². The van der Waals surface area contributed by atoms with Crippen LogP contribution in [-0.4, -0.2) is 43.0 Å². The van der Waals surface area contributed by atoms with Gasteiger partial charge in [-0.2, -0.15) is 0 Å². The molecule has 1 aromatic rings. The standard InChI is InChI=1S/C16H23N3O/c20-16(17-10-13-6-7-13)12-19-9-8-15(11-19)18-14-4-2-1-3-5-14/h1-5,13,15,18H,6-12H2,(H,17,20). The molecule has 108 valence electrons. The lowest BCUT2D eigenvalue weighted by molar-refractivity contribution is -0.122. The number of carbonyl (C=O) groups excluding carboxylic acids is 1. The fraction of sp³-hybridized carbons (Fsp3) is 0.562. The van der Waals surface area contributed by atoms with E-state index >= 15 is 0 Å². The Hall–Kier alpha value is -1.55. The highest BCUT2D eigenvalue weighted by Gasteiger charge is 2.25. The molecule has 2 aliphatic rings. The Bertz CT molecular complexity index is 444. The molecule has 2 fully saturated rings. The van der Waals surface area contributed by atoms with Crippen LogP contribution in [0.4, 0.5) is 5.69 Å². The lowest BCUT2D eigenvalue weighted by Gasteiger charge is -2.17. The van der Waals surface area contributed by atoms with Crippen molar-refractivity contribution in [2.75, 3.05) is 31.5 Å². The molecular formula is C16H23N3O. The summed E-state index contributed by atoms with van der Waals surface area (Å²) >= 11 is 0. The van der Waals surface area contributed by atoms with E-state index < -0.39 is 0 Å². The van der Waals surface area contributed by atoms with Crippen molar-refractivity contribution in [3.8, 4) is 0 Å². The summed E-state index contributed by atoms with van der Waals surface area (Å²) in [4.78, 5) is 14.1. The zero-order valence-electron chi connectivity index (χ0n) is 11.8. The zero-order chi connectivity index (χ0) is 13.8. The Labute approximate surface area is 120 Å². The molecule has 1 aromatic carbocycles. The number of likely N-dealkylation sites (tertiary alicyclic amines) is 1. The minimum Gasteiger partial charge on any atom is -0.381 e. The molecule has 1 heterocycles. The van der Waals surface area contributed by atoms with Crippen molar-refractivity contribution in [2.24, 2.45) is 5.92 Å². The van der Waals surface area contributed by atoms with E-state index in [4.69, 9.17) is 0 Å². The van der Waals surface area contributed by atoms with Gasteiger partial charge in [-0.05, 0) is 37.3 Å². The number of nitrogens with one attached hydrogen (secondary N) is 2. The molecule has 0 bridgehead atoms. The summed E-state index contributed by atoms with van der Waals surface area (Å²) < 4.78 is 0. The van der Waals surface area contributed by atoms with Crippen LogP contribution in [0, 0.1) is 5.92 Å². The van der Waals surface area contributed by atoms with Crippen LogP contribution >= 0.6 is 0 Å². The first kappa shape index (κ1) is 13.4. The molecule has 1 amide bonds. The molecule has 2 N–H and O–H groups in total. The van der Waals surface area contributed by atoms with Crippen LogP contribution in [0.2, 0.25) is 0 Å². The third-order valence-corrected chi connectivity index (χ3v) is 4.07. The third kappa shape index (κ3) is 3.97. The van der Waals surface area contributed by atoms with Gasteiger partial charge >= 0.3 is 0 Å². The van der Waals surface area contributed by atoms with Gasteiger partial charge in [0.25, 0.3) is 0 Å². The van der Waals surface area contributed by atoms with E-state index in [-0.39, 0.29) is 5.91 Å². The number of nitrogens with zero attached hydrogens (tertiary/aromatic N) is 1. The fourth-order valence-corrected chi connectivity index (χ4v) is 2.70. The maximum Gasteiger partial charge on any atom is 0.234 e. The number of hydrogen-bond donors (Lipinski definition) is 2. The Morgan fingerprint density at radius 2 is 2.00 bits per heavy atom. The number of hydrogen-bond acceptors (Lipinski definition) is 3. The van der Waals surface area contributed by atoms with Crippen molar-refractivity contribution < 1.29 is 4.79 Å². The van der Waals surface area contributed by atoms with Crippen LogP contribution in [0.5, 0.6) is 0 Å². The molecule has 3 rings (SSSR count). The van der Waals surface area contributed by atoms with Crippen LogP contribution in [0.15, 0.2) is 30.3 Å². The smallest absolute Gasteiger partial charge is 0.234 e. The van der Waals surface area contributed by atoms with E-state index in [1.807, 2.05) is 18.2 Å². The van der Waals surface area contributed by atoms with Gasteiger partial charge in [-0.3, -0.25) is 9.69 Å². The van der Waals surface area contributed by atoms with E-state index in [1.54, 1.807) is 0 Å². The molecule has 20 heavy (non-hydrogen) atoms. The van der Waals surface area contributed by atoms with Crippen LogP contribution in [0.1, 0.15) is 19.3 Å². The maximum atomic E-state index is 11.8. The summed E-state index contributed by atoms with van der Waals surface area (Å²) in [6, 6.07) is 10.7. The molecular weight excluding hydrogens is 250 g/mol. The van der Waals surface area contributed by atoms with Gasteiger partial charge in [-0.15, -0.1) is 0 Å². The Morgan fingerprint density at radius 1 is 1.20 bits per heavy atom. The first-order valence-corrected chi connectivity index (χ1v) is 7.60. The summed E-state index contributed by atoms with van der Waals surface area (Å²) in [6.07, 6.45) is 3.67. The molecule has 1 saturated carbocycles. The highest BCUT2D eigenvalue weighted by atomic mass is 16.2. The zero-order valence-corrected chi connectivity index (χ0v) is 11.8. The van der Waals surface area contributed by atoms with Crippen molar-refractivity contribution >= 4 is 11.6 Å². The lowest BCUT2D eigenvalue weighted by atomic mass is 10.2. The summed E-state index contributed by atoms with van der Waals surface area (Å²) in [5.41, 5.74) is 1.16. The fourth-order valence-electron chi connectivity index (χ4n) is 2.70. The summed E-state index contributed by atoms with van der Waals surface area (Å²) in [6.45, 7) is 3.37.